The van der Waals surface area contributed by atoms with E-state index in [4.69, 9.17) is 9.15 Å². The molecule has 0 radical (unpaired) electrons. The van der Waals surface area contributed by atoms with Crippen LogP contribution >= 0.6 is 0 Å². The summed E-state index contributed by atoms with van der Waals surface area (Å²) in [4.78, 5) is 12.0. The molecule has 1 aromatic heterocycles. The lowest BCUT2D eigenvalue weighted by Gasteiger charge is -2.08. The van der Waals surface area contributed by atoms with Crippen LogP contribution in [0.5, 0.6) is 5.75 Å². The number of para-hydroxylation sites is 1. The van der Waals surface area contributed by atoms with Gasteiger partial charge in [-0.15, -0.1) is 5.10 Å². The first-order chi connectivity index (χ1) is 10.9. The first-order valence-corrected chi connectivity index (χ1v) is 8.74. The molecule has 1 amide bonds. The molecule has 0 unspecified atom stereocenters. The Labute approximate surface area is 133 Å². The van der Waals surface area contributed by atoms with Gasteiger partial charge in [0.1, 0.15) is 5.75 Å². The topological polar surface area (TPSA) is 111 Å². The third kappa shape index (κ3) is 4.52. The second-order valence-corrected chi connectivity index (χ2v) is 6.69. The van der Waals surface area contributed by atoms with Crippen LogP contribution in [-0.2, 0) is 16.3 Å². The van der Waals surface area contributed by atoms with Gasteiger partial charge in [-0.25, -0.2) is 8.42 Å². The summed E-state index contributed by atoms with van der Waals surface area (Å²) < 4.78 is 32.6. The van der Waals surface area contributed by atoms with Crippen LogP contribution in [0, 0.1) is 0 Å². The molecule has 0 saturated heterocycles. The Morgan fingerprint density at radius 3 is 2.70 bits per heavy atom. The fourth-order valence-corrected chi connectivity index (χ4v) is 2.29. The monoisotopic (exact) mass is 339 g/mol. The Morgan fingerprint density at radius 1 is 1.30 bits per heavy atom. The lowest BCUT2D eigenvalue weighted by molar-refractivity contribution is 0.0950. The SMILES string of the molecule is COc1ccccc1C(=O)NCCCc1nnc(S(C)(=O)=O)o1. The van der Waals surface area contributed by atoms with E-state index in [1.807, 2.05) is 0 Å². The van der Waals surface area contributed by atoms with Crippen LogP contribution in [0.4, 0.5) is 0 Å². The summed E-state index contributed by atoms with van der Waals surface area (Å²) in [5.41, 5.74) is 0.451. The Morgan fingerprint density at radius 2 is 2.04 bits per heavy atom. The number of sulfone groups is 1. The molecule has 0 aliphatic heterocycles. The summed E-state index contributed by atoms with van der Waals surface area (Å²) in [5.74, 6) is 0.474. The highest BCUT2D eigenvalue weighted by atomic mass is 32.2. The van der Waals surface area contributed by atoms with E-state index < -0.39 is 15.1 Å². The maximum Gasteiger partial charge on any atom is 0.335 e. The zero-order chi connectivity index (χ0) is 16.9. The van der Waals surface area contributed by atoms with Crippen molar-refractivity contribution in [1.82, 2.24) is 15.5 Å². The van der Waals surface area contributed by atoms with Crippen molar-refractivity contribution in [3.8, 4) is 5.75 Å². The Hall–Kier alpha value is -2.42. The molecule has 2 aromatic rings. The molecule has 1 heterocycles. The molecule has 0 aliphatic carbocycles. The van der Waals surface area contributed by atoms with Crippen molar-refractivity contribution in [2.45, 2.75) is 18.1 Å². The summed E-state index contributed by atoms with van der Waals surface area (Å²) in [7, 11) is -1.99. The minimum absolute atomic E-state index is 0.219. The fourth-order valence-electron chi connectivity index (χ4n) is 1.86. The van der Waals surface area contributed by atoms with E-state index >= 15 is 0 Å². The van der Waals surface area contributed by atoms with Gasteiger partial charge in [0, 0.05) is 19.2 Å². The maximum atomic E-state index is 12.0. The Bertz CT molecular complexity index is 785. The lowest BCUT2D eigenvalue weighted by Crippen LogP contribution is -2.25. The maximum absolute atomic E-state index is 12.0. The van der Waals surface area contributed by atoms with Crippen molar-refractivity contribution in [1.29, 1.82) is 0 Å². The van der Waals surface area contributed by atoms with E-state index in [9.17, 15) is 13.2 Å². The summed E-state index contributed by atoms with van der Waals surface area (Å²) >= 11 is 0. The summed E-state index contributed by atoms with van der Waals surface area (Å²) in [6.45, 7) is 0.382. The molecule has 1 N–H and O–H groups in total. The second kappa shape index (κ2) is 7.23. The molecular weight excluding hydrogens is 322 g/mol. The third-order valence-electron chi connectivity index (χ3n) is 2.97. The van der Waals surface area contributed by atoms with Crippen LogP contribution in [0.25, 0.3) is 0 Å². The van der Waals surface area contributed by atoms with E-state index in [1.54, 1.807) is 24.3 Å². The van der Waals surface area contributed by atoms with Crippen molar-refractivity contribution in [3.63, 3.8) is 0 Å². The molecule has 0 aliphatic rings. The number of rotatable bonds is 7. The lowest BCUT2D eigenvalue weighted by atomic mass is 10.2. The summed E-state index contributed by atoms with van der Waals surface area (Å²) in [6.07, 6.45) is 1.90. The highest BCUT2D eigenvalue weighted by molar-refractivity contribution is 7.90. The zero-order valence-corrected chi connectivity index (χ0v) is 13.6. The average Bonchev–Trinajstić information content (AvgIpc) is 3.00. The molecular formula is C14H17N3O5S. The van der Waals surface area contributed by atoms with E-state index in [0.29, 0.717) is 30.7 Å². The highest BCUT2D eigenvalue weighted by Gasteiger charge is 2.16. The number of carbonyl (C=O) groups is 1. The van der Waals surface area contributed by atoms with Crippen LogP contribution in [0.3, 0.4) is 0 Å². The molecule has 8 nitrogen and oxygen atoms in total. The number of ether oxygens (including phenoxy) is 1. The number of nitrogens with zero attached hydrogens (tertiary/aromatic N) is 2. The smallest absolute Gasteiger partial charge is 0.335 e. The molecule has 1 aromatic carbocycles. The standard InChI is InChI=1S/C14H17N3O5S/c1-21-11-7-4-3-6-10(11)13(18)15-9-5-8-12-16-17-14(22-12)23(2,19)20/h3-4,6-7H,5,8-9H2,1-2H3,(H,15,18). The third-order valence-corrected chi connectivity index (χ3v) is 3.77. The quantitative estimate of drug-likeness (QED) is 0.744. The number of carbonyl (C=O) groups excluding carboxylic acids is 1. The molecule has 0 atom stereocenters. The van der Waals surface area contributed by atoms with Gasteiger partial charge in [0.25, 0.3) is 5.91 Å². The second-order valence-electron chi connectivity index (χ2n) is 4.79. The van der Waals surface area contributed by atoms with Crippen LogP contribution in [0.2, 0.25) is 0 Å². The van der Waals surface area contributed by atoms with Gasteiger partial charge >= 0.3 is 5.22 Å². The molecule has 0 fully saturated rings. The van der Waals surface area contributed by atoms with Crippen molar-refractivity contribution < 1.29 is 22.4 Å². The number of nitrogens with one attached hydrogen (secondary N) is 1. The number of aromatic nitrogens is 2. The minimum atomic E-state index is -3.49. The van der Waals surface area contributed by atoms with Gasteiger partial charge in [-0.2, -0.15) is 0 Å². The first-order valence-electron chi connectivity index (χ1n) is 6.85. The largest absolute Gasteiger partial charge is 0.496 e. The Balaban J connectivity index is 1.83. The van der Waals surface area contributed by atoms with E-state index in [1.165, 1.54) is 7.11 Å². The van der Waals surface area contributed by atoms with Crippen molar-refractivity contribution in [3.05, 3.63) is 35.7 Å². The van der Waals surface area contributed by atoms with E-state index in [-0.39, 0.29) is 11.8 Å². The van der Waals surface area contributed by atoms with Crippen molar-refractivity contribution >= 4 is 15.7 Å². The van der Waals surface area contributed by atoms with E-state index in [2.05, 4.69) is 15.5 Å². The molecule has 2 rings (SSSR count). The molecule has 124 valence electrons. The van der Waals surface area contributed by atoms with E-state index in [0.717, 1.165) is 6.26 Å². The molecule has 23 heavy (non-hydrogen) atoms. The average molecular weight is 339 g/mol. The highest BCUT2D eigenvalue weighted by Crippen LogP contribution is 2.16. The Kier molecular flexibility index (Phi) is 5.32. The fraction of sp³-hybridized carbons (Fsp3) is 0.357. The van der Waals surface area contributed by atoms with Gasteiger partial charge in [-0.1, -0.05) is 17.2 Å². The minimum Gasteiger partial charge on any atom is -0.496 e. The van der Waals surface area contributed by atoms with Crippen LogP contribution < -0.4 is 10.1 Å². The number of methoxy groups -OCH3 is 1. The van der Waals surface area contributed by atoms with Gasteiger partial charge in [-0.05, 0) is 18.6 Å². The molecule has 9 heteroatoms. The van der Waals surface area contributed by atoms with Gasteiger partial charge < -0.3 is 14.5 Å². The predicted octanol–water partition coefficient (Wildman–Crippen LogP) is 0.844. The van der Waals surface area contributed by atoms with Gasteiger partial charge in [0.15, 0.2) is 0 Å². The predicted molar refractivity (Wildman–Crippen MR) is 81.1 cm³/mol. The summed E-state index contributed by atoms with van der Waals surface area (Å²) in [5, 5.41) is 9.48. The van der Waals surface area contributed by atoms with Crippen LogP contribution in [-0.4, -0.2) is 44.4 Å². The normalized spacial score (nSPS) is 11.2. The molecule has 0 bridgehead atoms. The zero-order valence-electron chi connectivity index (χ0n) is 12.8. The van der Waals surface area contributed by atoms with Gasteiger partial charge in [0.2, 0.25) is 15.7 Å². The van der Waals surface area contributed by atoms with Gasteiger partial charge in [-0.3, -0.25) is 4.79 Å². The number of benzene rings is 1. The molecule has 0 spiro atoms. The van der Waals surface area contributed by atoms with Gasteiger partial charge in [0.05, 0.1) is 12.7 Å². The number of hydrogen-bond donors (Lipinski definition) is 1. The number of hydrogen-bond acceptors (Lipinski definition) is 7. The van der Waals surface area contributed by atoms with Crippen LogP contribution in [0.1, 0.15) is 22.7 Å². The number of amides is 1. The molecule has 0 saturated carbocycles. The first kappa shape index (κ1) is 16.9. The van der Waals surface area contributed by atoms with Crippen LogP contribution in [0.15, 0.2) is 33.9 Å². The summed E-state index contributed by atoms with van der Waals surface area (Å²) in [6, 6.07) is 6.91. The van der Waals surface area contributed by atoms with Crippen molar-refractivity contribution in [2.24, 2.45) is 0 Å². The van der Waals surface area contributed by atoms with Crippen molar-refractivity contribution in [2.75, 3.05) is 19.9 Å². The number of aryl methyl sites for hydroxylation is 1.